The van der Waals surface area contributed by atoms with Crippen molar-refractivity contribution >= 4 is 23.4 Å². The number of tetrazole rings is 1. The molecule has 11 heteroatoms. The van der Waals surface area contributed by atoms with Crippen molar-refractivity contribution in [1.29, 1.82) is 0 Å². The average molecular weight is 527 g/mol. The van der Waals surface area contributed by atoms with Crippen LogP contribution in [-0.4, -0.2) is 62.2 Å². The van der Waals surface area contributed by atoms with Gasteiger partial charge in [-0.05, 0) is 74.2 Å². The Labute approximate surface area is 220 Å². The standard InChI is InChI=1S/C26H31ClN6O4/c1-17-8-13-22(37-17)24(26(35)28-20-5-2-3-6-20)32(15-21-7-4-14-36-21)23(34)16-33-30-25(29-31-33)18-9-11-19(27)12-10-18/h8-13,20-21,24H,2-7,14-16H2,1H3,(H,28,35)/t21-,24+/m1/s1. The first-order valence-corrected chi connectivity index (χ1v) is 13.2. The highest BCUT2D eigenvalue weighted by molar-refractivity contribution is 6.30. The Balaban J connectivity index is 1.40. The molecule has 3 aromatic rings. The molecule has 1 saturated heterocycles. The molecule has 0 spiro atoms. The summed E-state index contributed by atoms with van der Waals surface area (Å²) < 4.78 is 11.7. The van der Waals surface area contributed by atoms with E-state index in [0.29, 0.717) is 29.0 Å². The van der Waals surface area contributed by atoms with Gasteiger partial charge in [-0.2, -0.15) is 4.80 Å². The quantitative estimate of drug-likeness (QED) is 0.452. The molecule has 1 N–H and O–H groups in total. The molecule has 0 radical (unpaired) electrons. The third kappa shape index (κ3) is 6.19. The van der Waals surface area contributed by atoms with Crippen molar-refractivity contribution in [1.82, 2.24) is 30.4 Å². The maximum Gasteiger partial charge on any atom is 0.250 e. The van der Waals surface area contributed by atoms with E-state index >= 15 is 0 Å². The van der Waals surface area contributed by atoms with Crippen molar-refractivity contribution in [3.63, 3.8) is 0 Å². The van der Waals surface area contributed by atoms with Gasteiger partial charge in [-0.25, -0.2) is 0 Å². The van der Waals surface area contributed by atoms with Gasteiger partial charge in [-0.1, -0.05) is 24.4 Å². The molecule has 1 saturated carbocycles. The first-order valence-electron chi connectivity index (χ1n) is 12.8. The summed E-state index contributed by atoms with van der Waals surface area (Å²) in [6.07, 6.45) is 5.62. The lowest BCUT2D eigenvalue weighted by atomic mass is 10.1. The molecule has 0 bridgehead atoms. The predicted molar refractivity (Wildman–Crippen MR) is 136 cm³/mol. The number of carbonyl (C=O) groups excluding carboxylic acids is 2. The second-order valence-electron chi connectivity index (χ2n) is 9.67. The lowest BCUT2D eigenvalue weighted by Gasteiger charge is -2.32. The van der Waals surface area contributed by atoms with Gasteiger partial charge in [0.25, 0.3) is 5.91 Å². The molecule has 2 aliphatic rings. The molecule has 10 nitrogen and oxygen atoms in total. The molecule has 2 amide bonds. The van der Waals surface area contributed by atoms with Crippen molar-refractivity contribution in [2.75, 3.05) is 13.2 Å². The van der Waals surface area contributed by atoms with E-state index in [1.165, 1.54) is 4.80 Å². The number of carbonyl (C=O) groups is 2. The number of amides is 2. The normalized spacial score (nSPS) is 18.7. The van der Waals surface area contributed by atoms with Gasteiger partial charge in [-0.15, -0.1) is 10.2 Å². The molecule has 2 aromatic heterocycles. The van der Waals surface area contributed by atoms with Crippen LogP contribution in [0.3, 0.4) is 0 Å². The van der Waals surface area contributed by atoms with Crippen LogP contribution in [0.2, 0.25) is 5.02 Å². The fourth-order valence-electron chi connectivity index (χ4n) is 4.97. The monoisotopic (exact) mass is 526 g/mol. The van der Waals surface area contributed by atoms with E-state index in [4.69, 9.17) is 20.8 Å². The van der Waals surface area contributed by atoms with Gasteiger partial charge in [-0.3, -0.25) is 9.59 Å². The minimum atomic E-state index is -0.926. The molecule has 1 aliphatic heterocycles. The van der Waals surface area contributed by atoms with E-state index in [-0.39, 0.29) is 37.0 Å². The number of nitrogens with one attached hydrogen (secondary N) is 1. The number of benzene rings is 1. The number of ether oxygens (including phenoxy) is 1. The molecule has 37 heavy (non-hydrogen) atoms. The first kappa shape index (κ1) is 25.4. The van der Waals surface area contributed by atoms with Crippen LogP contribution in [0.15, 0.2) is 40.8 Å². The summed E-state index contributed by atoms with van der Waals surface area (Å²) in [7, 11) is 0. The van der Waals surface area contributed by atoms with E-state index in [0.717, 1.165) is 44.1 Å². The molecular weight excluding hydrogens is 496 g/mol. The number of aryl methyl sites for hydroxylation is 1. The highest BCUT2D eigenvalue weighted by Gasteiger charge is 2.37. The van der Waals surface area contributed by atoms with Gasteiger partial charge in [0.1, 0.15) is 18.1 Å². The van der Waals surface area contributed by atoms with Crippen LogP contribution in [0.5, 0.6) is 0 Å². The Morgan fingerprint density at radius 2 is 1.92 bits per heavy atom. The summed E-state index contributed by atoms with van der Waals surface area (Å²) in [5.74, 6) is 0.904. The zero-order valence-corrected chi connectivity index (χ0v) is 21.6. The van der Waals surface area contributed by atoms with Crippen molar-refractivity contribution in [3.8, 4) is 11.4 Å². The van der Waals surface area contributed by atoms with E-state index in [9.17, 15) is 9.59 Å². The topological polar surface area (TPSA) is 115 Å². The minimum Gasteiger partial charge on any atom is -0.464 e. The lowest BCUT2D eigenvalue weighted by molar-refractivity contribution is -0.144. The smallest absolute Gasteiger partial charge is 0.250 e. The fourth-order valence-corrected chi connectivity index (χ4v) is 5.10. The highest BCUT2D eigenvalue weighted by Crippen LogP contribution is 2.28. The molecule has 196 valence electrons. The van der Waals surface area contributed by atoms with E-state index in [1.54, 1.807) is 41.3 Å². The number of furan rings is 1. The minimum absolute atomic E-state index is 0.102. The molecule has 1 aromatic carbocycles. The van der Waals surface area contributed by atoms with Gasteiger partial charge in [0, 0.05) is 29.8 Å². The molecule has 2 atom stereocenters. The summed E-state index contributed by atoms with van der Waals surface area (Å²) in [6, 6.07) is 9.80. The van der Waals surface area contributed by atoms with Gasteiger partial charge in [0.15, 0.2) is 6.04 Å². The van der Waals surface area contributed by atoms with Crippen molar-refractivity contribution in [2.45, 2.75) is 70.2 Å². The summed E-state index contributed by atoms with van der Waals surface area (Å²) in [5.41, 5.74) is 0.735. The summed E-state index contributed by atoms with van der Waals surface area (Å²) in [5, 5.41) is 16.3. The number of halogens is 1. The number of hydrogen-bond acceptors (Lipinski definition) is 7. The number of nitrogens with zero attached hydrogens (tertiary/aromatic N) is 5. The van der Waals surface area contributed by atoms with Crippen LogP contribution in [0.4, 0.5) is 0 Å². The molecule has 0 unspecified atom stereocenters. The number of aromatic nitrogens is 4. The van der Waals surface area contributed by atoms with Gasteiger partial charge in [0.2, 0.25) is 11.7 Å². The third-order valence-corrected chi connectivity index (χ3v) is 7.12. The van der Waals surface area contributed by atoms with Crippen LogP contribution >= 0.6 is 11.6 Å². The van der Waals surface area contributed by atoms with Crippen LogP contribution in [-0.2, 0) is 20.9 Å². The van der Waals surface area contributed by atoms with Gasteiger partial charge in [0.05, 0.1) is 6.10 Å². The Morgan fingerprint density at radius 3 is 2.59 bits per heavy atom. The SMILES string of the molecule is Cc1ccc([C@@H](C(=O)NC2CCCC2)N(C[C@H]2CCCO2)C(=O)Cn2nnc(-c3ccc(Cl)cc3)n2)o1. The van der Waals surface area contributed by atoms with E-state index in [2.05, 4.69) is 20.7 Å². The van der Waals surface area contributed by atoms with Gasteiger partial charge >= 0.3 is 0 Å². The van der Waals surface area contributed by atoms with Crippen molar-refractivity contribution < 1.29 is 18.7 Å². The number of rotatable bonds is 9. The third-order valence-electron chi connectivity index (χ3n) is 6.87. The Kier molecular flexibility index (Phi) is 7.85. The fraction of sp³-hybridized carbons (Fsp3) is 0.500. The van der Waals surface area contributed by atoms with Crippen molar-refractivity contribution in [3.05, 3.63) is 52.9 Å². The molecule has 3 heterocycles. The highest BCUT2D eigenvalue weighted by atomic mass is 35.5. The predicted octanol–water partition coefficient (Wildman–Crippen LogP) is 3.70. The largest absolute Gasteiger partial charge is 0.464 e. The molecule has 1 aliphatic carbocycles. The summed E-state index contributed by atoms with van der Waals surface area (Å²) >= 11 is 5.98. The summed E-state index contributed by atoms with van der Waals surface area (Å²) in [4.78, 5) is 30.2. The maximum absolute atomic E-state index is 13.8. The van der Waals surface area contributed by atoms with Crippen molar-refractivity contribution in [2.24, 2.45) is 0 Å². The second-order valence-corrected chi connectivity index (χ2v) is 10.1. The van der Waals surface area contributed by atoms with Crippen LogP contribution < -0.4 is 5.32 Å². The molecule has 5 rings (SSSR count). The van der Waals surface area contributed by atoms with Crippen LogP contribution in [0, 0.1) is 6.92 Å². The zero-order chi connectivity index (χ0) is 25.8. The van der Waals surface area contributed by atoms with Crippen LogP contribution in [0.1, 0.15) is 56.1 Å². The van der Waals surface area contributed by atoms with E-state index < -0.39 is 6.04 Å². The maximum atomic E-state index is 13.8. The molecular formula is C26H31ClN6O4. The average Bonchev–Trinajstić information content (AvgIpc) is 3.69. The summed E-state index contributed by atoms with van der Waals surface area (Å²) in [6.45, 7) is 2.54. The van der Waals surface area contributed by atoms with Gasteiger partial charge < -0.3 is 19.4 Å². The Hall–Kier alpha value is -3.24. The zero-order valence-electron chi connectivity index (χ0n) is 20.8. The molecule has 2 fully saturated rings. The van der Waals surface area contributed by atoms with E-state index in [1.807, 2.05) is 6.92 Å². The Bertz CT molecular complexity index is 1210. The lowest BCUT2D eigenvalue weighted by Crippen LogP contribution is -2.49. The van der Waals surface area contributed by atoms with Crippen LogP contribution in [0.25, 0.3) is 11.4 Å². The Morgan fingerprint density at radius 1 is 1.14 bits per heavy atom. The number of hydrogen-bond donors (Lipinski definition) is 1. The second kappa shape index (κ2) is 11.4. The first-order chi connectivity index (χ1) is 18.0.